The zero-order chi connectivity index (χ0) is 11.9. The van der Waals surface area contributed by atoms with Gasteiger partial charge in [0, 0.05) is 13.2 Å². The van der Waals surface area contributed by atoms with Crippen molar-refractivity contribution in [1.82, 2.24) is 0 Å². The van der Waals surface area contributed by atoms with Crippen LogP contribution in [0, 0.1) is 22.2 Å². The summed E-state index contributed by atoms with van der Waals surface area (Å²) in [6, 6.07) is 2.41. The molecule has 1 N–H and O–H groups in total. The molecular formula is C13H21NO2. The molecule has 1 aliphatic carbocycles. The van der Waals surface area contributed by atoms with Crippen LogP contribution in [-0.2, 0) is 4.74 Å². The predicted molar refractivity (Wildman–Crippen MR) is 60.7 cm³/mol. The second-order valence-electron chi connectivity index (χ2n) is 6.18. The molecule has 0 spiro atoms. The first kappa shape index (κ1) is 11.9. The molecule has 0 aromatic rings. The summed E-state index contributed by atoms with van der Waals surface area (Å²) < 4.78 is 5.32. The summed E-state index contributed by atoms with van der Waals surface area (Å²) in [6.07, 6.45) is 3.86. The average molecular weight is 223 g/mol. The minimum absolute atomic E-state index is 0.164. The molecule has 2 fully saturated rings. The summed E-state index contributed by atoms with van der Waals surface area (Å²) in [5.41, 5.74) is -1.20. The van der Waals surface area contributed by atoms with Crippen molar-refractivity contribution < 1.29 is 9.84 Å². The zero-order valence-electron chi connectivity index (χ0n) is 10.3. The van der Waals surface area contributed by atoms with E-state index in [0.717, 1.165) is 19.3 Å². The van der Waals surface area contributed by atoms with E-state index in [2.05, 4.69) is 19.9 Å². The fraction of sp³-hybridized carbons (Fsp3) is 0.923. The highest BCUT2D eigenvalue weighted by Gasteiger charge is 2.56. The summed E-state index contributed by atoms with van der Waals surface area (Å²) in [4.78, 5) is 0. The fourth-order valence-corrected chi connectivity index (χ4v) is 3.32. The van der Waals surface area contributed by atoms with Crippen LogP contribution in [0.5, 0.6) is 0 Å². The van der Waals surface area contributed by atoms with Crippen LogP contribution in [0.15, 0.2) is 0 Å². The monoisotopic (exact) mass is 223 g/mol. The molecular weight excluding hydrogens is 202 g/mol. The molecule has 90 valence electrons. The minimum Gasteiger partial charge on any atom is -0.388 e. The Hall–Kier alpha value is -0.590. The van der Waals surface area contributed by atoms with E-state index >= 15 is 0 Å². The number of nitriles is 1. The minimum atomic E-state index is -0.797. The lowest BCUT2D eigenvalue weighted by Crippen LogP contribution is -2.49. The van der Waals surface area contributed by atoms with Crippen LogP contribution in [0.2, 0.25) is 0 Å². The molecule has 1 aliphatic heterocycles. The largest absolute Gasteiger partial charge is 0.388 e. The van der Waals surface area contributed by atoms with Crippen molar-refractivity contribution in [1.29, 1.82) is 5.26 Å². The van der Waals surface area contributed by atoms with Crippen molar-refractivity contribution in [2.45, 2.75) is 51.6 Å². The van der Waals surface area contributed by atoms with Crippen LogP contribution in [0.3, 0.4) is 0 Å². The van der Waals surface area contributed by atoms with Crippen molar-refractivity contribution in [3.8, 4) is 6.07 Å². The molecule has 0 radical (unpaired) electrons. The molecule has 16 heavy (non-hydrogen) atoms. The van der Waals surface area contributed by atoms with Gasteiger partial charge in [-0.15, -0.1) is 0 Å². The van der Waals surface area contributed by atoms with Crippen molar-refractivity contribution in [3.05, 3.63) is 0 Å². The molecule has 1 heterocycles. The Bertz CT molecular complexity index is 312. The highest BCUT2D eigenvalue weighted by atomic mass is 16.5. The van der Waals surface area contributed by atoms with Gasteiger partial charge in [0.2, 0.25) is 0 Å². The predicted octanol–water partition coefficient (Wildman–Crippen LogP) is 2.25. The average Bonchev–Trinajstić information content (AvgIpc) is 2.55. The van der Waals surface area contributed by atoms with Gasteiger partial charge >= 0.3 is 0 Å². The van der Waals surface area contributed by atoms with E-state index in [-0.39, 0.29) is 5.41 Å². The van der Waals surface area contributed by atoms with Gasteiger partial charge in [-0.3, -0.25) is 0 Å². The molecule has 1 unspecified atom stereocenters. The SMILES string of the molecule is CC1(C)CCC(O)(C2(C#N)CCOCC2)C1. The third-order valence-electron chi connectivity index (χ3n) is 4.44. The first-order chi connectivity index (χ1) is 7.43. The van der Waals surface area contributed by atoms with E-state index in [1.807, 2.05) is 0 Å². The first-order valence-electron chi connectivity index (χ1n) is 6.15. The van der Waals surface area contributed by atoms with Gasteiger partial charge in [0.05, 0.1) is 17.1 Å². The molecule has 0 aromatic carbocycles. The van der Waals surface area contributed by atoms with Crippen LogP contribution in [0.4, 0.5) is 0 Å². The normalized spacial score (nSPS) is 36.9. The topological polar surface area (TPSA) is 53.2 Å². The lowest BCUT2D eigenvalue weighted by atomic mass is 9.66. The summed E-state index contributed by atoms with van der Waals surface area (Å²) >= 11 is 0. The zero-order valence-corrected chi connectivity index (χ0v) is 10.3. The molecule has 1 saturated carbocycles. The van der Waals surface area contributed by atoms with Gasteiger partial charge in [-0.25, -0.2) is 0 Å². The highest BCUT2D eigenvalue weighted by Crippen LogP contribution is 2.54. The van der Waals surface area contributed by atoms with E-state index in [9.17, 15) is 10.4 Å². The summed E-state index contributed by atoms with van der Waals surface area (Å²) in [7, 11) is 0. The van der Waals surface area contributed by atoms with Crippen LogP contribution >= 0.6 is 0 Å². The van der Waals surface area contributed by atoms with Crippen LogP contribution in [-0.4, -0.2) is 23.9 Å². The Morgan fingerprint density at radius 1 is 1.12 bits per heavy atom. The second kappa shape index (κ2) is 3.72. The maximum absolute atomic E-state index is 10.8. The van der Waals surface area contributed by atoms with Crippen molar-refractivity contribution in [2.24, 2.45) is 10.8 Å². The Balaban J connectivity index is 2.25. The lowest BCUT2D eigenvalue weighted by molar-refractivity contribution is -0.104. The Morgan fingerprint density at radius 2 is 1.75 bits per heavy atom. The molecule has 0 aromatic heterocycles. The van der Waals surface area contributed by atoms with Gasteiger partial charge in [0.15, 0.2) is 0 Å². The van der Waals surface area contributed by atoms with Crippen molar-refractivity contribution in [3.63, 3.8) is 0 Å². The number of rotatable bonds is 1. The summed E-state index contributed by atoms with van der Waals surface area (Å²) in [5, 5.41) is 20.3. The fourth-order valence-electron chi connectivity index (χ4n) is 3.32. The smallest absolute Gasteiger partial charge is 0.0904 e. The Labute approximate surface area is 97.4 Å². The van der Waals surface area contributed by atoms with Crippen LogP contribution in [0.1, 0.15) is 46.0 Å². The van der Waals surface area contributed by atoms with Gasteiger partial charge in [-0.05, 0) is 37.5 Å². The lowest BCUT2D eigenvalue weighted by Gasteiger charge is -2.43. The first-order valence-corrected chi connectivity index (χ1v) is 6.15. The number of hydrogen-bond acceptors (Lipinski definition) is 3. The molecule has 2 rings (SSSR count). The van der Waals surface area contributed by atoms with Crippen LogP contribution in [0.25, 0.3) is 0 Å². The van der Waals surface area contributed by atoms with Gasteiger partial charge in [0.1, 0.15) is 0 Å². The molecule has 0 amide bonds. The van der Waals surface area contributed by atoms with E-state index in [4.69, 9.17) is 4.74 Å². The number of ether oxygens (including phenoxy) is 1. The molecule has 1 saturated heterocycles. The standard InChI is InChI=1S/C13H21NO2/c1-11(2)3-4-13(15,9-11)12(10-14)5-7-16-8-6-12/h15H,3-9H2,1-2H3. The van der Waals surface area contributed by atoms with Gasteiger partial charge in [-0.1, -0.05) is 13.8 Å². The molecule has 2 aliphatic rings. The highest BCUT2D eigenvalue weighted by molar-refractivity contribution is 5.15. The van der Waals surface area contributed by atoms with Crippen LogP contribution < -0.4 is 0 Å². The third kappa shape index (κ3) is 1.74. The van der Waals surface area contributed by atoms with E-state index < -0.39 is 11.0 Å². The van der Waals surface area contributed by atoms with Crippen molar-refractivity contribution >= 4 is 0 Å². The summed E-state index contributed by atoms with van der Waals surface area (Å²) in [5.74, 6) is 0. The molecule has 0 bridgehead atoms. The molecule has 1 atom stereocenters. The summed E-state index contributed by atoms with van der Waals surface area (Å²) in [6.45, 7) is 5.57. The van der Waals surface area contributed by atoms with Gasteiger partial charge < -0.3 is 9.84 Å². The third-order valence-corrected chi connectivity index (χ3v) is 4.44. The maximum atomic E-state index is 10.8. The number of nitrogens with zero attached hydrogens (tertiary/aromatic N) is 1. The molecule has 3 heteroatoms. The van der Waals surface area contributed by atoms with Crippen molar-refractivity contribution in [2.75, 3.05) is 13.2 Å². The van der Waals surface area contributed by atoms with Gasteiger partial charge in [0.25, 0.3) is 0 Å². The van der Waals surface area contributed by atoms with E-state index in [1.165, 1.54) is 0 Å². The van der Waals surface area contributed by atoms with E-state index in [1.54, 1.807) is 0 Å². The Kier molecular flexibility index (Phi) is 2.76. The quantitative estimate of drug-likeness (QED) is 0.741. The molecule has 3 nitrogen and oxygen atoms in total. The number of aliphatic hydroxyl groups is 1. The van der Waals surface area contributed by atoms with E-state index in [0.29, 0.717) is 26.1 Å². The Morgan fingerprint density at radius 3 is 2.19 bits per heavy atom. The maximum Gasteiger partial charge on any atom is 0.0904 e. The van der Waals surface area contributed by atoms with Gasteiger partial charge in [-0.2, -0.15) is 5.26 Å². The number of hydrogen-bond donors (Lipinski definition) is 1. The second-order valence-corrected chi connectivity index (χ2v) is 6.18.